The van der Waals surface area contributed by atoms with Crippen LogP contribution in [0.2, 0.25) is 0 Å². The van der Waals surface area contributed by atoms with E-state index in [0.717, 1.165) is 17.1 Å². The second-order valence-corrected chi connectivity index (χ2v) is 8.91. The van der Waals surface area contributed by atoms with E-state index in [-0.39, 0.29) is 16.6 Å². The molecule has 0 atom stereocenters. The number of hydrogen-bond donors (Lipinski definition) is 1. The van der Waals surface area contributed by atoms with Crippen LogP contribution >= 0.6 is 11.8 Å². The molecule has 1 saturated carbocycles. The summed E-state index contributed by atoms with van der Waals surface area (Å²) in [5, 5.41) is 10.9. The molecular formula is C15H18N4O4S2. The Morgan fingerprint density at radius 3 is 2.56 bits per heavy atom. The summed E-state index contributed by atoms with van der Waals surface area (Å²) in [6.07, 6.45) is 2.15. The summed E-state index contributed by atoms with van der Waals surface area (Å²) < 4.78 is 30.6. The van der Waals surface area contributed by atoms with Crippen molar-refractivity contribution in [3.05, 3.63) is 30.2 Å². The third kappa shape index (κ3) is 4.39. The van der Waals surface area contributed by atoms with E-state index in [4.69, 9.17) is 4.42 Å². The van der Waals surface area contributed by atoms with Gasteiger partial charge in [-0.1, -0.05) is 11.8 Å². The van der Waals surface area contributed by atoms with Crippen LogP contribution in [0.5, 0.6) is 0 Å². The second kappa shape index (κ2) is 7.14. The van der Waals surface area contributed by atoms with Gasteiger partial charge in [-0.25, -0.2) is 12.7 Å². The van der Waals surface area contributed by atoms with Gasteiger partial charge in [0.25, 0.3) is 5.22 Å². The zero-order valence-corrected chi connectivity index (χ0v) is 15.4. The average Bonchev–Trinajstić information content (AvgIpc) is 3.32. The van der Waals surface area contributed by atoms with Gasteiger partial charge in [0.2, 0.25) is 21.8 Å². The maximum absolute atomic E-state index is 12.0. The number of thioether (sulfide) groups is 1. The number of amides is 1. The summed E-state index contributed by atoms with van der Waals surface area (Å²) in [5.74, 6) is 0.914. The molecule has 0 unspecified atom stereocenters. The largest absolute Gasteiger partial charge is 0.416 e. The molecule has 0 spiro atoms. The summed E-state index contributed by atoms with van der Waals surface area (Å²) in [5.41, 5.74) is 0.521. The number of carbonyl (C=O) groups is 1. The van der Waals surface area contributed by atoms with E-state index >= 15 is 0 Å². The topological polar surface area (TPSA) is 105 Å². The van der Waals surface area contributed by atoms with Gasteiger partial charge in [-0.2, -0.15) is 0 Å². The summed E-state index contributed by atoms with van der Waals surface area (Å²) in [6, 6.07) is 6.02. The normalized spacial score (nSPS) is 14.7. The second-order valence-electron chi connectivity index (χ2n) is 5.83. The SMILES string of the molecule is CN(C)S(=O)(=O)c1ccc(NC(=O)CSc2nnc(C3CC3)o2)cc1. The van der Waals surface area contributed by atoms with Gasteiger partial charge < -0.3 is 9.73 Å². The number of anilines is 1. The van der Waals surface area contributed by atoms with E-state index in [2.05, 4.69) is 15.5 Å². The molecule has 1 heterocycles. The van der Waals surface area contributed by atoms with Crippen LogP contribution in [0.15, 0.2) is 38.8 Å². The van der Waals surface area contributed by atoms with E-state index < -0.39 is 10.0 Å². The summed E-state index contributed by atoms with van der Waals surface area (Å²) in [6.45, 7) is 0. The van der Waals surface area contributed by atoms with Gasteiger partial charge in [0.05, 0.1) is 10.6 Å². The monoisotopic (exact) mass is 382 g/mol. The Morgan fingerprint density at radius 2 is 1.96 bits per heavy atom. The van der Waals surface area contributed by atoms with Crippen LogP contribution in [-0.4, -0.2) is 48.7 Å². The molecule has 1 aromatic carbocycles. The smallest absolute Gasteiger partial charge is 0.277 e. The highest BCUT2D eigenvalue weighted by molar-refractivity contribution is 7.99. The van der Waals surface area contributed by atoms with Crippen LogP contribution in [0, 0.1) is 0 Å². The highest BCUT2D eigenvalue weighted by Gasteiger charge is 2.29. The van der Waals surface area contributed by atoms with Gasteiger partial charge in [-0.05, 0) is 37.1 Å². The van der Waals surface area contributed by atoms with Crippen molar-refractivity contribution < 1.29 is 17.6 Å². The number of sulfonamides is 1. The lowest BCUT2D eigenvalue weighted by atomic mass is 10.3. The maximum Gasteiger partial charge on any atom is 0.277 e. The highest BCUT2D eigenvalue weighted by Crippen LogP contribution is 2.39. The molecule has 8 nitrogen and oxygen atoms in total. The zero-order valence-electron chi connectivity index (χ0n) is 13.8. The maximum atomic E-state index is 12.0. The fourth-order valence-electron chi connectivity index (χ4n) is 2.02. The number of rotatable bonds is 7. The van der Waals surface area contributed by atoms with E-state index in [0.29, 0.717) is 22.7 Å². The molecule has 1 aromatic heterocycles. The van der Waals surface area contributed by atoms with Crippen molar-refractivity contribution in [1.29, 1.82) is 0 Å². The lowest BCUT2D eigenvalue weighted by Crippen LogP contribution is -2.22. The molecule has 1 amide bonds. The van der Waals surface area contributed by atoms with Crippen LogP contribution in [-0.2, 0) is 14.8 Å². The molecule has 25 heavy (non-hydrogen) atoms. The van der Waals surface area contributed by atoms with Crippen LogP contribution in [0.25, 0.3) is 0 Å². The first-order valence-corrected chi connectivity index (χ1v) is 10.1. The first-order valence-electron chi connectivity index (χ1n) is 7.65. The standard InChI is InChI=1S/C15H18N4O4S2/c1-19(2)25(21,22)12-7-5-11(6-8-12)16-13(20)9-24-15-18-17-14(23-15)10-3-4-10/h5-8,10H,3-4,9H2,1-2H3,(H,16,20). The minimum Gasteiger partial charge on any atom is -0.416 e. The first-order chi connectivity index (χ1) is 11.9. The Kier molecular flexibility index (Phi) is 5.11. The molecule has 0 saturated heterocycles. The van der Waals surface area contributed by atoms with Crippen molar-refractivity contribution in [3.63, 3.8) is 0 Å². The van der Waals surface area contributed by atoms with Gasteiger partial charge in [0.1, 0.15) is 0 Å². The van der Waals surface area contributed by atoms with E-state index in [1.165, 1.54) is 38.0 Å². The Balaban J connectivity index is 1.53. The molecule has 0 radical (unpaired) electrons. The number of nitrogens with one attached hydrogen (secondary N) is 1. The van der Waals surface area contributed by atoms with Crippen molar-refractivity contribution in [3.8, 4) is 0 Å². The van der Waals surface area contributed by atoms with Crippen LogP contribution in [0.1, 0.15) is 24.7 Å². The van der Waals surface area contributed by atoms with Crippen molar-refractivity contribution in [2.24, 2.45) is 0 Å². The van der Waals surface area contributed by atoms with Crippen molar-refractivity contribution in [2.75, 3.05) is 25.2 Å². The predicted molar refractivity (Wildman–Crippen MR) is 92.9 cm³/mol. The first kappa shape index (κ1) is 17.9. The molecule has 1 aliphatic carbocycles. The summed E-state index contributed by atoms with van der Waals surface area (Å²) >= 11 is 1.17. The highest BCUT2D eigenvalue weighted by atomic mass is 32.2. The molecular weight excluding hydrogens is 364 g/mol. The lowest BCUT2D eigenvalue weighted by Gasteiger charge is -2.11. The molecule has 2 aromatic rings. The molecule has 10 heteroatoms. The third-order valence-corrected chi connectivity index (χ3v) is 6.24. The Morgan fingerprint density at radius 1 is 1.28 bits per heavy atom. The Labute approximate surface area is 150 Å². The molecule has 0 aliphatic heterocycles. The Bertz CT molecular complexity index is 858. The van der Waals surface area contributed by atoms with Gasteiger partial charge >= 0.3 is 0 Å². The van der Waals surface area contributed by atoms with Crippen molar-refractivity contribution in [2.45, 2.75) is 28.9 Å². The quantitative estimate of drug-likeness (QED) is 0.729. The van der Waals surface area contributed by atoms with Gasteiger partial charge in [-0.3, -0.25) is 4.79 Å². The molecule has 3 rings (SSSR count). The number of benzene rings is 1. The fraction of sp³-hybridized carbons (Fsp3) is 0.400. The molecule has 1 N–H and O–H groups in total. The van der Waals surface area contributed by atoms with Gasteiger partial charge in [0, 0.05) is 25.7 Å². The summed E-state index contributed by atoms with van der Waals surface area (Å²) in [7, 11) is -0.546. The molecule has 1 aliphatic rings. The van der Waals surface area contributed by atoms with Gasteiger partial charge in [0.15, 0.2) is 0 Å². The summed E-state index contributed by atoms with van der Waals surface area (Å²) in [4.78, 5) is 12.2. The molecule has 0 bridgehead atoms. The van der Waals surface area contributed by atoms with Crippen LogP contribution < -0.4 is 5.32 Å². The Hall–Kier alpha value is -1.91. The van der Waals surface area contributed by atoms with E-state index in [1.807, 2.05) is 0 Å². The van der Waals surface area contributed by atoms with Crippen LogP contribution in [0.4, 0.5) is 5.69 Å². The number of aromatic nitrogens is 2. The minimum absolute atomic E-state index is 0.129. The number of nitrogens with zero attached hydrogens (tertiary/aromatic N) is 3. The number of carbonyl (C=O) groups excluding carboxylic acids is 1. The van der Waals surface area contributed by atoms with Gasteiger partial charge in [-0.15, -0.1) is 10.2 Å². The fourth-order valence-corrected chi connectivity index (χ4v) is 3.49. The minimum atomic E-state index is -3.48. The lowest BCUT2D eigenvalue weighted by molar-refractivity contribution is -0.113. The predicted octanol–water partition coefficient (Wildman–Crippen LogP) is 1.93. The molecule has 1 fully saturated rings. The zero-order chi connectivity index (χ0) is 18.0. The van der Waals surface area contributed by atoms with Crippen molar-refractivity contribution >= 4 is 33.4 Å². The number of hydrogen-bond acceptors (Lipinski definition) is 7. The average molecular weight is 382 g/mol. The van der Waals surface area contributed by atoms with Crippen molar-refractivity contribution in [1.82, 2.24) is 14.5 Å². The molecule has 134 valence electrons. The third-order valence-electron chi connectivity index (χ3n) is 3.59. The van der Waals surface area contributed by atoms with E-state index in [9.17, 15) is 13.2 Å². The van der Waals surface area contributed by atoms with Crippen LogP contribution in [0.3, 0.4) is 0 Å². The van der Waals surface area contributed by atoms with E-state index in [1.54, 1.807) is 12.1 Å².